The van der Waals surface area contributed by atoms with Gasteiger partial charge in [-0.15, -0.1) is 0 Å². The lowest BCUT2D eigenvalue weighted by molar-refractivity contribution is -0.140. The molecule has 1 saturated heterocycles. The van der Waals surface area contributed by atoms with E-state index < -0.39 is 0 Å². The average molecular weight is 254 g/mol. The minimum atomic E-state index is 0.103. The summed E-state index contributed by atoms with van der Waals surface area (Å²) in [6.45, 7) is 5.00. The van der Waals surface area contributed by atoms with Crippen LogP contribution in [0.15, 0.2) is 0 Å². The molecule has 0 spiro atoms. The molecule has 0 radical (unpaired) electrons. The number of carbonyl (C=O) groups is 1. The molecular weight excluding hydrogens is 228 g/mol. The molecule has 104 valence electrons. The first-order valence-corrected chi connectivity index (χ1v) is 7.14. The van der Waals surface area contributed by atoms with Crippen LogP contribution in [0.1, 0.15) is 39.5 Å². The quantitative estimate of drug-likeness (QED) is 0.810. The second-order valence-electron chi connectivity index (χ2n) is 6.04. The van der Waals surface area contributed by atoms with Crippen LogP contribution in [0, 0.1) is 11.8 Å². The minimum absolute atomic E-state index is 0.103. The predicted molar refractivity (Wildman–Crippen MR) is 71.1 cm³/mol. The second-order valence-corrected chi connectivity index (χ2v) is 6.04. The lowest BCUT2D eigenvalue weighted by atomic mass is 9.77. The Bertz CT molecular complexity index is 308. The zero-order valence-electron chi connectivity index (χ0n) is 11.8. The molecule has 0 aromatic carbocycles. The smallest absolute Gasteiger partial charge is 0.226 e. The van der Waals surface area contributed by atoms with E-state index in [4.69, 9.17) is 10.5 Å². The maximum absolute atomic E-state index is 12.6. The predicted octanol–water partition coefficient (Wildman–Crippen LogP) is 1.39. The Morgan fingerprint density at radius 2 is 2.00 bits per heavy atom. The fraction of sp³-hybridized carbons (Fsp3) is 0.929. The number of hydrogen-bond acceptors (Lipinski definition) is 3. The molecule has 2 fully saturated rings. The normalized spacial score (nSPS) is 40.8. The van der Waals surface area contributed by atoms with E-state index in [1.807, 2.05) is 11.9 Å². The van der Waals surface area contributed by atoms with E-state index in [9.17, 15) is 4.79 Å². The van der Waals surface area contributed by atoms with Gasteiger partial charge in [0.1, 0.15) is 0 Å². The van der Waals surface area contributed by atoms with Crippen molar-refractivity contribution in [1.82, 2.24) is 4.90 Å². The van der Waals surface area contributed by atoms with Gasteiger partial charge >= 0.3 is 0 Å². The molecule has 4 heteroatoms. The van der Waals surface area contributed by atoms with Crippen molar-refractivity contribution in [3.05, 3.63) is 0 Å². The van der Waals surface area contributed by atoms with E-state index in [0.29, 0.717) is 5.92 Å². The van der Waals surface area contributed by atoms with Crippen LogP contribution in [0.2, 0.25) is 0 Å². The van der Waals surface area contributed by atoms with Gasteiger partial charge in [-0.25, -0.2) is 0 Å². The van der Waals surface area contributed by atoms with Gasteiger partial charge in [-0.2, -0.15) is 0 Å². The van der Waals surface area contributed by atoms with Crippen molar-refractivity contribution >= 4 is 5.91 Å². The van der Waals surface area contributed by atoms with Gasteiger partial charge in [0.25, 0.3) is 0 Å². The number of nitrogens with two attached hydrogens (primary N) is 1. The van der Waals surface area contributed by atoms with Crippen molar-refractivity contribution in [1.29, 1.82) is 0 Å². The van der Waals surface area contributed by atoms with Gasteiger partial charge in [0, 0.05) is 25.6 Å². The molecule has 2 rings (SSSR count). The summed E-state index contributed by atoms with van der Waals surface area (Å²) in [6.07, 6.45) is 4.08. The highest BCUT2D eigenvalue weighted by Crippen LogP contribution is 2.31. The molecule has 1 aliphatic heterocycles. The number of amides is 1. The summed E-state index contributed by atoms with van der Waals surface area (Å²) in [4.78, 5) is 14.5. The highest BCUT2D eigenvalue weighted by molar-refractivity contribution is 5.79. The van der Waals surface area contributed by atoms with Gasteiger partial charge in [0.05, 0.1) is 12.1 Å². The van der Waals surface area contributed by atoms with Gasteiger partial charge in [0.15, 0.2) is 0 Å². The van der Waals surface area contributed by atoms with Crippen molar-refractivity contribution in [3.8, 4) is 0 Å². The van der Waals surface area contributed by atoms with Crippen LogP contribution in [-0.4, -0.2) is 42.6 Å². The first kappa shape index (κ1) is 13.8. The number of carbonyl (C=O) groups excluding carboxylic acids is 1. The summed E-state index contributed by atoms with van der Waals surface area (Å²) in [5, 5.41) is 0. The zero-order valence-corrected chi connectivity index (χ0v) is 11.8. The Balaban J connectivity index is 2.00. The lowest BCUT2D eigenvalue weighted by Gasteiger charge is -2.36. The van der Waals surface area contributed by atoms with E-state index in [-0.39, 0.29) is 30.0 Å². The molecule has 5 unspecified atom stereocenters. The third kappa shape index (κ3) is 2.69. The molecule has 0 aromatic heterocycles. The first-order chi connectivity index (χ1) is 8.50. The third-order valence-corrected chi connectivity index (χ3v) is 4.73. The van der Waals surface area contributed by atoms with Crippen LogP contribution in [0.5, 0.6) is 0 Å². The molecule has 1 aliphatic carbocycles. The Morgan fingerprint density at radius 1 is 1.28 bits per heavy atom. The minimum Gasteiger partial charge on any atom is -0.376 e. The third-order valence-electron chi connectivity index (χ3n) is 4.73. The van der Waals surface area contributed by atoms with Gasteiger partial charge in [-0.1, -0.05) is 6.92 Å². The van der Waals surface area contributed by atoms with E-state index in [2.05, 4.69) is 13.8 Å². The summed E-state index contributed by atoms with van der Waals surface area (Å²) < 4.78 is 5.55. The summed E-state index contributed by atoms with van der Waals surface area (Å²) in [5.74, 6) is 0.823. The topological polar surface area (TPSA) is 55.6 Å². The molecule has 2 N–H and O–H groups in total. The molecule has 5 atom stereocenters. The summed E-state index contributed by atoms with van der Waals surface area (Å²) >= 11 is 0. The zero-order chi connectivity index (χ0) is 13.3. The van der Waals surface area contributed by atoms with Crippen molar-refractivity contribution in [2.75, 3.05) is 13.7 Å². The molecule has 4 nitrogen and oxygen atoms in total. The van der Waals surface area contributed by atoms with Gasteiger partial charge < -0.3 is 15.4 Å². The SMILES string of the molecule is CC1CCC(N)CC1C(=O)N(C)C1CCOC1C. The number of hydrogen-bond donors (Lipinski definition) is 1. The molecule has 0 bridgehead atoms. The monoisotopic (exact) mass is 254 g/mol. The van der Waals surface area contributed by atoms with Crippen LogP contribution in [-0.2, 0) is 9.53 Å². The largest absolute Gasteiger partial charge is 0.376 e. The Labute approximate surface area is 110 Å². The first-order valence-electron chi connectivity index (χ1n) is 7.14. The van der Waals surface area contributed by atoms with Crippen LogP contribution >= 0.6 is 0 Å². The van der Waals surface area contributed by atoms with Crippen LogP contribution < -0.4 is 5.73 Å². The van der Waals surface area contributed by atoms with E-state index in [1.54, 1.807) is 0 Å². The number of ether oxygens (including phenoxy) is 1. The molecule has 18 heavy (non-hydrogen) atoms. The Hall–Kier alpha value is -0.610. The number of nitrogens with zero attached hydrogens (tertiary/aromatic N) is 1. The molecule has 1 heterocycles. The van der Waals surface area contributed by atoms with Crippen molar-refractivity contribution in [2.45, 2.75) is 57.7 Å². The van der Waals surface area contributed by atoms with Gasteiger partial charge in [-0.3, -0.25) is 4.79 Å². The van der Waals surface area contributed by atoms with Crippen molar-refractivity contribution in [2.24, 2.45) is 17.6 Å². The fourth-order valence-electron chi connectivity index (χ4n) is 3.35. The molecule has 0 aromatic rings. The summed E-state index contributed by atoms with van der Waals surface area (Å²) in [7, 11) is 1.92. The Morgan fingerprint density at radius 3 is 2.61 bits per heavy atom. The number of likely N-dealkylation sites (N-methyl/N-ethyl adjacent to an activating group) is 1. The summed E-state index contributed by atoms with van der Waals surface area (Å²) in [5.41, 5.74) is 6.01. The fourth-order valence-corrected chi connectivity index (χ4v) is 3.35. The summed E-state index contributed by atoms with van der Waals surface area (Å²) in [6, 6.07) is 0.434. The second kappa shape index (κ2) is 5.57. The standard InChI is InChI=1S/C14H26N2O2/c1-9-4-5-11(15)8-12(9)14(17)16(3)13-6-7-18-10(13)2/h9-13H,4-8,15H2,1-3H3. The van der Waals surface area contributed by atoms with E-state index in [1.165, 1.54) is 0 Å². The van der Waals surface area contributed by atoms with E-state index >= 15 is 0 Å². The molecule has 1 saturated carbocycles. The highest BCUT2D eigenvalue weighted by atomic mass is 16.5. The van der Waals surface area contributed by atoms with Crippen LogP contribution in [0.4, 0.5) is 0 Å². The van der Waals surface area contributed by atoms with Crippen LogP contribution in [0.25, 0.3) is 0 Å². The van der Waals surface area contributed by atoms with Crippen LogP contribution in [0.3, 0.4) is 0 Å². The molecular formula is C14H26N2O2. The Kier molecular flexibility index (Phi) is 4.28. The molecule has 2 aliphatic rings. The van der Waals surface area contributed by atoms with Crippen molar-refractivity contribution in [3.63, 3.8) is 0 Å². The lowest BCUT2D eigenvalue weighted by Crippen LogP contribution is -2.47. The highest BCUT2D eigenvalue weighted by Gasteiger charge is 2.37. The maximum Gasteiger partial charge on any atom is 0.226 e. The van der Waals surface area contributed by atoms with E-state index in [0.717, 1.165) is 32.3 Å². The average Bonchev–Trinajstić information content (AvgIpc) is 2.77. The van der Waals surface area contributed by atoms with Gasteiger partial charge in [-0.05, 0) is 38.5 Å². The van der Waals surface area contributed by atoms with Crippen molar-refractivity contribution < 1.29 is 9.53 Å². The molecule has 1 amide bonds. The maximum atomic E-state index is 12.6. The number of rotatable bonds is 2. The van der Waals surface area contributed by atoms with Gasteiger partial charge in [0.2, 0.25) is 5.91 Å².